The number of rotatable bonds is 5. The molecule has 0 bridgehead atoms. The van der Waals surface area contributed by atoms with Crippen LogP contribution < -0.4 is 5.32 Å². The lowest BCUT2D eigenvalue weighted by atomic mass is 10.0. The molecule has 0 aliphatic carbocycles. The Kier molecular flexibility index (Phi) is 4.26. The summed E-state index contributed by atoms with van der Waals surface area (Å²) in [5.74, 6) is 1.73. The van der Waals surface area contributed by atoms with Gasteiger partial charge in [0.25, 0.3) is 0 Å². The van der Waals surface area contributed by atoms with Gasteiger partial charge in [0.1, 0.15) is 17.8 Å². The van der Waals surface area contributed by atoms with Gasteiger partial charge in [0.05, 0.1) is 12.2 Å². The van der Waals surface area contributed by atoms with E-state index in [2.05, 4.69) is 39.4 Å². The lowest BCUT2D eigenvalue weighted by Crippen LogP contribution is -2.32. The molecule has 1 aliphatic heterocycles. The highest BCUT2D eigenvalue weighted by molar-refractivity contribution is 5.29. The van der Waals surface area contributed by atoms with E-state index in [1.54, 1.807) is 0 Å². The third-order valence-corrected chi connectivity index (χ3v) is 4.37. The fourth-order valence-corrected chi connectivity index (χ4v) is 3.08. The molecule has 2 aromatic rings. The molecule has 0 spiro atoms. The highest BCUT2D eigenvalue weighted by atomic mass is 16.5. The molecule has 2 N–H and O–H groups in total. The van der Waals surface area contributed by atoms with E-state index in [0.717, 1.165) is 36.8 Å². The SMILES string of the molecule is CCc1n[nH]c(CN[C@H]2CCO[C@@H]2c2c(C)nn(C)c2C)n1. The van der Waals surface area contributed by atoms with Crippen molar-refractivity contribution in [1.29, 1.82) is 0 Å². The van der Waals surface area contributed by atoms with E-state index >= 15 is 0 Å². The van der Waals surface area contributed by atoms with Crippen LogP contribution in [0.5, 0.6) is 0 Å². The number of H-pyrrole nitrogens is 1. The third kappa shape index (κ3) is 2.78. The van der Waals surface area contributed by atoms with Gasteiger partial charge in [-0.2, -0.15) is 10.2 Å². The Morgan fingerprint density at radius 2 is 2.23 bits per heavy atom. The smallest absolute Gasteiger partial charge is 0.150 e. The van der Waals surface area contributed by atoms with Gasteiger partial charge in [0.2, 0.25) is 0 Å². The molecule has 7 nitrogen and oxygen atoms in total. The van der Waals surface area contributed by atoms with Crippen LogP contribution in [0.2, 0.25) is 0 Å². The first-order chi connectivity index (χ1) is 10.6. The topological polar surface area (TPSA) is 80.6 Å². The highest BCUT2D eigenvalue weighted by Gasteiger charge is 2.33. The Labute approximate surface area is 130 Å². The van der Waals surface area contributed by atoms with Gasteiger partial charge in [-0.15, -0.1) is 0 Å². The first kappa shape index (κ1) is 15.2. The van der Waals surface area contributed by atoms with E-state index in [9.17, 15) is 0 Å². The number of aryl methyl sites for hydroxylation is 3. The van der Waals surface area contributed by atoms with Gasteiger partial charge in [-0.3, -0.25) is 9.78 Å². The summed E-state index contributed by atoms with van der Waals surface area (Å²) in [4.78, 5) is 4.44. The quantitative estimate of drug-likeness (QED) is 0.871. The van der Waals surface area contributed by atoms with Gasteiger partial charge in [-0.25, -0.2) is 4.98 Å². The van der Waals surface area contributed by atoms with Crippen molar-refractivity contribution in [2.24, 2.45) is 7.05 Å². The van der Waals surface area contributed by atoms with Gasteiger partial charge in [0.15, 0.2) is 0 Å². The van der Waals surface area contributed by atoms with Gasteiger partial charge in [-0.1, -0.05) is 6.92 Å². The minimum absolute atomic E-state index is 0.0577. The average molecular weight is 304 g/mol. The van der Waals surface area contributed by atoms with Gasteiger partial charge >= 0.3 is 0 Å². The molecule has 0 unspecified atom stereocenters. The van der Waals surface area contributed by atoms with Gasteiger partial charge < -0.3 is 10.1 Å². The van der Waals surface area contributed by atoms with Gasteiger partial charge in [-0.05, 0) is 20.3 Å². The second kappa shape index (κ2) is 6.18. The Hall–Kier alpha value is -1.73. The summed E-state index contributed by atoms with van der Waals surface area (Å²) in [7, 11) is 1.98. The number of nitrogens with one attached hydrogen (secondary N) is 2. The zero-order valence-corrected chi connectivity index (χ0v) is 13.7. The van der Waals surface area contributed by atoms with Gasteiger partial charge in [0, 0.05) is 37.4 Å². The molecule has 3 rings (SSSR count). The van der Waals surface area contributed by atoms with Crippen LogP contribution in [0.15, 0.2) is 0 Å². The molecule has 120 valence electrons. The summed E-state index contributed by atoms with van der Waals surface area (Å²) in [5, 5.41) is 15.2. The minimum atomic E-state index is 0.0577. The molecule has 2 aromatic heterocycles. The van der Waals surface area contributed by atoms with Crippen LogP contribution in [0.3, 0.4) is 0 Å². The summed E-state index contributed by atoms with van der Waals surface area (Å²) in [6.45, 7) is 7.64. The molecule has 0 aromatic carbocycles. The van der Waals surface area contributed by atoms with Crippen LogP contribution in [0.25, 0.3) is 0 Å². The lowest BCUT2D eigenvalue weighted by Gasteiger charge is -2.20. The van der Waals surface area contributed by atoms with Crippen molar-refractivity contribution in [3.8, 4) is 0 Å². The van der Waals surface area contributed by atoms with Crippen LogP contribution >= 0.6 is 0 Å². The van der Waals surface area contributed by atoms with Crippen LogP contribution in [-0.2, 0) is 24.8 Å². The summed E-state index contributed by atoms with van der Waals surface area (Å²) in [5.41, 5.74) is 3.43. The Morgan fingerprint density at radius 3 is 2.86 bits per heavy atom. The summed E-state index contributed by atoms with van der Waals surface area (Å²) in [6, 6.07) is 0.275. The zero-order chi connectivity index (χ0) is 15.7. The number of aromatic amines is 1. The second-order valence-corrected chi connectivity index (χ2v) is 5.83. The molecule has 1 saturated heterocycles. The Balaban J connectivity index is 1.70. The van der Waals surface area contributed by atoms with Crippen molar-refractivity contribution >= 4 is 0 Å². The van der Waals surface area contributed by atoms with Crippen LogP contribution in [0.1, 0.15) is 48.0 Å². The Bertz CT molecular complexity index is 646. The maximum atomic E-state index is 5.98. The summed E-state index contributed by atoms with van der Waals surface area (Å²) >= 11 is 0. The molecule has 22 heavy (non-hydrogen) atoms. The number of hydrogen-bond acceptors (Lipinski definition) is 5. The van der Waals surface area contributed by atoms with E-state index in [1.807, 2.05) is 18.7 Å². The maximum absolute atomic E-state index is 5.98. The van der Waals surface area contributed by atoms with Crippen LogP contribution in [0, 0.1) is 13.8 Å². The van der Waals surface area contributed by atoms with Crippen molar-refractivity contribution in [3.05, 3.63) is 28.6 Å². The predicted molar refractivity (Wildman–Crippen MR) is 82.4 cm³/mol. The van der Waals surface area contributed by atoms with E-state index in [4.69, 9.17) is 4.74 Å². The minimum Gasteiger partial charge on any atom is -0.372 e. The normalized spacial score (nSPS) is 21.6. The molecule has 0 radical (unpaired) electrons. The number of nitrogens with zero attached hydrogens (tertiary/aromatic N) is 4. The van der Waals surface area contributed by atoms with Crippen LogP contribution in [0.4, 0.5) is 0 Å². The van der Waals surface area contributed by atoms with Crippen LogP contribution in [-0.4, -0.2) is 37.6 Å². The standard InChI is InChI=1S/C15H24N6O/c1-5-12-17-13(19-18-12)8-16-11-6-7-22-15(11)14-9(2)20-21(4)10(14)3/h11,15-16H,5-8H2,1-4H3,(H,17,18,19)/t11-,15-/m0/s1. The van der Waals surface area contributed by atoms with Crippen molar-refractivity contribution in [3.63, 3.8) is 0 Å². The molecular weight excluding hydrogens is 280 g/mol. The molecule has 2 atom stereocenters. The number of hydrogen-bond donors (Lipinski definition) is 2. The Morgan fingerprint density at radius 1 is 1.41 bits per heavy atom. The van der Waals surface area contributed by atoms with E-state index in [0.29, 0.717) is 6.54 Å². The van der Waals surface area contributed by atoms with Crippen molar-refractivity contribution in [2.75, 3.05) is 6.61 Å². The van der Waals surface area contributed by atoms with E-state index in [1.165, 1.54) is 11.3 Å². The predicted octanol–water partition coefficient (Wildman–Crippen LogP) is 1.34. The third-order valence-electron chi connectivity index (χ3n) is 4.37. The second-order valence-electron chi connectivity index (χ2n) is 5.83. The molecule has 0 saturated carbocycles. The molecule has 3 heterocycles. The summed E-state index contributed by atoms with van der Waals surface area (Å²) < 4.78 is 7.90. The van der Waals surface area contributed by atoms with E-state index in [-0.39, 0.29) is 12.1 Å². The maximum Gasteiger partial charge on any atom is 0.150 e. The van der Waals surface area contributed by atoms with E-state index < -0.39 is 0 Å². The summed E-state index contributed by atoms with van der Waals surface area (Å²) in [6.07, 6.45) is 1.90. The molecule has 7 heteroatoms. The average Bonchev–Trinajstić information content (AvgIpc) is 3.18. The fraction of sp³-hybridized carbons (Fsp3) is 0.667. The van der Waals surface area contributed by atoms with Crippen molar-refractivity contribution < 1.29 is 4.74 Å². The molecule has 1 fully saturated rings. The molecule has 1 aliphatic rings. The lowest BCUT2D eigenvalue weighted by molar-refractivity contribution is 0.0973. The zero-order valence-electron chi connectivity index (χ0n) is 13.7. The number of aromatic nitrogens is 5. The monoisotopic (exact) mass is 304 g/mol. The van der Waals surface area contributed by atoms with Crippen molar-refractivity contribution in [2.45, 2.75) is 52.3 Å². The van der Waals surface area contributed by atoms with Crippen molar-refractivity contribution in [1.82, 2.24) is 30.3 Å². The highest BCUT2D eigenvalue weighted by Crippen LogP contribution is 2.33. The first-order valence-corrected chi connectivity index (χ1v) is 7.85. The largest absolute Gasteiger partial charge is 0.372 e. The number of ether oxygens (including phenoxy) is 1. The fourth-order valence-electron chi connectivity index (χ4n) is 3.08. The molecular formula is C15H24N6O. The molecule has 0 amide bonds. The first-order valence-electron chi connectivity index (χ1n) is 7.85.